The lowest BCUT2D eigenvalue weighted by molar-refractivity contribution is 0.0263. The fraction of sp³-hybridized carbons (Fsp3) is 0.586. The molecule has 4 aliphatic heterocycles. The lowest BCUT2D eigenvalue weighted by atomic mass is 9.21. The molecular weight excluding hydrogens is 401 g/mol. The van der Waals surface area contributed by atoms with E-state index in [1.807, 2.05) is 0 Å². The zero-order chi connectivity index (χ0) is 22.0. The molecule has 2 aromatic carbocycles. The van der Waals surface area contributed by atoms with E-state index in [9.17, 15) is 0 Å². The predicted octanol–water partition coefficient (Wildman–Crippen LogP) is 3.78. The van der Waals surface area contributed by atoms with Crippen molar-refractivity contribution in [2.24, 2.45) is 0 Å². The van der Waals surface area contributed by atoms with Gasteiger partial charge in [-0.15, -0.1) is 0 Å². The summed E-state index contributed by atoms with van der Waals surface area (Å²) in [5.41, 5.74) is 5.11. The van der Waals surface area contributed by atoms with Crippen LogP contribution < -0.4 is 16.1 Å². The number of hydrogen-bond donors (Lipinski definition) is 2. The molecular formula is C29H38BN3. The molecule has 33 heavy (non-hydrogen) atoms. The SMILES string of the molecule is CN1CCCC2B(c3ccccc3)C3CCCNC3C3(c4ccccc4C4CCCNC43)C21. The summed E-state index contributed by atoms with van der Waals surface area (Å²) in [4.78, 5) is 2.80. The Labute approximate surface area is 199 Å². The van der Waals surface area contributed by atoms with Crippen molar-refractivity contribution in [3.63, 3.8) is 0 Å². The van der Waals surface area contributed by atoms with E-state index >= 15 is 0 Å². The molecule has 2 aromatic rings. The minimum absolute atomic E-state index is 0.165. The molecule has 0 radical (unpaired) electrons. The molecule has 4 heteroatoms. The zero-order valence-electron chi connectivity index (χ0n) is 20.0. The fourth-order valence-corrected chi connectivity index (χ4v) is 9.60. The monoisotopic (exact) mass is 439 g/mol. The minimum atomic E-state index is 0.165. The molecule has 5 aliphatic rings. The molecule has 3 nitrogen and oxygen atoms in total. The van der Waals surface area contributed by atoms with E-state index in [0.29, 0.717) is 36.6 Å². The third kappa shape index (κ3) is 2.81. The van der Waals surface area contributed by atoms with Gasteiger partial charge in [-0.25, -0.2) is 0 Å². The maximum atomic E-state index is 4.21. The highest BCUT2D eigenvalue weighted by Gasteiger charge is 2.69. The molecule has 4 fully saturated rings. The number of likely N-dealkylation sites (tertiary alicyclic amines) is 1. The van der Waals surface area contributed by atoms with E-state index in [4.69, 9.17) is 0 Å². The maximum absolute atomic E-state index is 4.21. The Balaban J connectivity index is 1.48. The van der Waals surface area contributed by atoms with Gasteiger partial charge in [0.2, 0.25) is 0 Å². The Bertz CT molecular complexity index is 1010. The third-order valence-corrected chi connectivity index (χ3v) is 10.3. The second kappa shape index (κ2) is 7.97. The molecule has 4 saturated heterocycles. The van der Waals surface area contributed by atoms with E-state index in [1.54, 1.807) is 16.6 Å². The number of nitrogens with zero attached hydrogens (tertiary/aromatic N) is 1. The van der Waals surface area contributed by atoms with Crippen molar-refractivity contribution >= 4 is 12.2 Å². The van der Waals surface area contributed by atoms with E-state index in [-0.39, 0.29) is 5.41 Å². The number of nitrogens with one attached hydrogen (secondary N) is 2. The van der Waals surface area contributed by atoms with Crippen molar-refractivity contribution in [3.05, 3.63) is 65.7 Å². The first-order valence-corrected chi connectivity index (χ1v) is 13.6. The Hall–Kier alpha value is -1.62. The maximum Gasteiger partial charge on any atom is 0.185 e. The lowest BCUT2D eigenvalue weighted by Gasteiger charge is -2.65. The first-order valence-electron chi connectivity index (χ1n) is 13.6. The van der Waals surface area contributed by atoms with Gasteiger partial charge in [-0.3, -0.25) is 0 Å². The molecule has 1 spiro atoms. The fourth-order valence-electron chi connectivity index (χ4n) is 9.60. The van der Waals surface area contributed by atoms with Crippen molar-refractivity contribution in [1.29, 1.82) is 0 Å². The van der Waals surface area contributed by atoms with Crippen LogP contribution in [0.4, 0.5) is 0 Å². The molecule has 4 heterocycles. The first kappa shape index (κ1) is 20.7. The van der Waals surface area contributed by atoms with Crippen molar-refractivity contribution < 1.29 is 0 Å². The summed E-state index contributed by atoms with van der Waals surface area (Å²) >= 11 is 0. The van der Waals surface area contributed by atoms with Crippen molar-refractivity contribution in [2.45, 2.75) is 79.6 Å². The lowest BCUT2D eigenvalue weighted by Crippen LogP contribution is -2.77. The third-order valence-electron chi connectivity index (χ3n) is 10.3. The highest BCUT2D eigenvalue weighted by molar-refractivity contribution is 6.76. The molecule has 172 valence electrons. The summed E-state index contributed by atoms with van der Waals surface area (Å²) in [5.74, 6) is 2.11. The molecule has 0 bridgehead atoms. The van der Waals surface area contributed by atoms with E-state index in [2.05, 4.69) is 77.2 Å². The van der Waals surface area contributed by atoms with E-state index in [0.717, 1.165) is 5.82 Å². The molecule has 7 rings (SSSR count). The number of likely N-dealkylation sites (N-methyl/N-ethyl adjacent to an activating group) is 1. The standard InChI is InChI=1S/C29H38BN3/c1-33-19-9-16-25-28(33)29(23-14-6-5-12-21(23)22-13-7-17-31-26(22)29)27-24(15-8-18-32-27)30(25)20-10-3-2-4-11-20/h2-6,10-12,14,22,24-28,31-32H,7-9,13,15-19H2,1H3. The quantitative estimate of drug-likeness (QED) is 0.663. The second-order valence-corrected chi connectivity index (χ2v) is 11.6. The van der Waals surface area contributed by atoms with Crippen LogP contribution >= 0.6 is 0 Å². The topological polar surface area (TPSA) is 27.3 Å². The smallest absolute Gasteiger partial charge is 0.185 e. The van der Waals surface area contributed by atoms with Crippen LogP contribution in [0, 0.1) is 0 Å². The van der Waals surface area contributed by atoms with Gasteiger partial charge in [0.15, 0.2) is 6.71 Å². The Kier molecular flexibility index (Phi) is 5.01. The van der Waals surface area contributed by atoms with Crippen molar-refractivity contribution in [2.75, 3.05) is 26.7 Å². The first-order chi connectivity index (χ1) is 16.3. The molecule has 7 unspecified atom stereocenters. The van der Waals surface area contributed by atoms with Crippen LogP contribution in [0.1, 0.15) is 55.6 Å². The van der Waals surface area contributed by atoms with Gasteiger partial charge in [0, 0.05) is 29.5 Å². The van der Waals surface area contributed by atoms with Crippen LogP contribution in [0.15, 0.2) is 54.6 Å². The summed E-state index contributed by atoms with van der Waals surface area (Å²) in [7, 11) is 2.45. The summed E-state index contributed by atoms with van der Waals surface area (Å²) in [6, 6.07) is 22.9. The Morgan fingerprint density at radius 1 is 0.818 bits per heavy atom. The van der Waals surface area contributed by atoms with Gasteiger partial charge in [0.05, 0.1) is 0 Å². The Morgan fingerprint density at radius 3 is 2.42 bits per heavy atom. The molecule has 0 aromatic heterocycles. The summed E-state index contributed by atoms with van der Waals surface area (Å²) in [6.45, 7) is 4.25. The van der Waals surface area contributed by atoms with Gasteiger partial charge in [-0.05, 0) is 75.1 Å². The van der Waals surface area contributed by atoms with E-state index in [1.165, 1.54) is 58.2 Å². The van der Waals surface area contributed by atoms with Gasteiger partial charge in [-0.1, -0.05) is 72.9 Å². The minimum Gasteiger partial charge on any atom is -0.313 e. The number of rotatable bonds is 1. The molecule has 1 aliphatic carbocycles. The van der Waals surface area contributed by atoms with Crippen LogP contribution in [0.3, 0.4) is 0 Å². The van der Waals surface area contributed by atoms with Gasteiger partial charge in [0.25, 0.3) is 0 Å². The highest BCUT2D eigenvalue weighted by Crippen LogP contribution is 2.63. The van der Waals surface area contributed by atoms with Crippen LogP contribution in [0.5, 0.6) is 0 Å². The van der Waals surface area contributed by atoms with Crippen LogP contribution in [-0.2, 0) is 5.41 Å². The Morgan fingerprint density at radius 2 is 1.55 bits per heavy atom. The predicted molar refractivity (Wildman–Crippen MR) is 138 cm³/mol. The van der Waals surface area contributed by atoms with Crippen molar-refractivity contribution in [3.8, 4) is 0 Å². The molecule has 7 atom stereocenters. The summed E-state index contributed by atoms with van der Waals surface area (Å²) in [6.07, 6.45) is 8.05. The average molecular weight is 439 g/mol. The zero-order valence-corrected chi connectivity index (χ0v) is 20.0. The van der Waals surface area contributed by atoms with Crippen LogP contribution in [0.25, 0.3) is 0 Å². The number of fused-ring (bicyclic) bond motifs is 9. The van der Waals surface area contributed by atoms with E-state index < -0.39 is 0 Å². The van der Waals surface area contributed by atoms with Gasteiger partial charge in [-0.2, -0.15) is 0 Å². The molecule has 0 saturated carbocycles. The normalized spacial score (nSPS) is 40.1. The van der Waals surface area contributed by atoms with Crippen LogP contribution in [-0.4, -0.2) is 56.4 Å². The van der Waals surface area contributed by atoms with Crippen LogP contribution in [0.2, 0.25) is 11.6 Å². The average Bonchev–Trinajstić information content (AvgIpc) is 3.16. The van der Waals surface area contributed by atoms with Gasteiger partial charge in [0.1, 0.15) is 0 Å². The summed E-state index contributed by atoms with van der Waals surface area (Å²) < 4.78 is 0. The van der Waals surface area contributed by atoms with Gasteiger partial charge >= 0.3 is 0 Å². The molecule has 0 amide bonds. The molecule has 2 N–H and O–H groups in total. The number of piperidine rings is 3. The largest absolute Gasteiger partial charge is 0.313 e. The second-order valence-electron chi connectivity index (χ2n) is 11.6. The number of hydrogen-bond acceptors (Lipinski definition) is 3. The summed E-state index contributed by atoms with van der Waals surface area (Å²) in [5, 5.41) is 8.38. The highest BCUT2D eigenvalue weighted by atomic mass is 15.2. The number of benzene rings is 2. The van der Waals surface area contributed by atoms with Gasteiger partial charge < -0.3 is 15.5 Å². The van der Waals surface area contributed by atoms with Crippen molar-refractivity contribution in [1.82, 2.24) is 15.5 Å².